The molecule has 6 heteroatoms. The molecule has 1 aliphatic heterocycles. The van der Waals surface area contributed by atoms with Crippen molar-refractivity contribution in [3.63, 3.8) is 0 Å². The van der Waals surface area contributed by atoms with Gasteiger partial charge < -0.3 is 9.64 Å². The third kappa shape index (κ3) is 3.68. The van der Waals surface area contributed by atoms with Gasteiger partial charge in [0.1, 0.15) is 17.4 Å². The Morgan fingerprint density at radius 2 is 1.92 bits per heavy atom. The van der Waals surface area contributed by atoms with Gasteiger partial charge in [0.2, 0.25) is 0 Å². The maximum Gasteiger partial charge on any atom is 0.264 e. The molecule has 0 aliphatic carbocycles. The number of hydrogen-bond donors (Lipinski definition) is 0. The molecular formula is C19H18BrF2NO2. The molecule has 2 aromatic rings. The molecule has 1 amide bonds. The average Bonchev–Trinajstić information content (AvgIpc) is 2.68. The van der Waals surface area contributed by atoms with Crippen molar-refractivity contribution in [3.8, 4) is 5.75 Å². The number of carbonyl (C=O) groups is 1. The van der Waals surface area contributed by atoms with Crippen molar-refractivity contribution in [2.75, 3.05) is 0 Å². The maximum atomic E-state index is 14.0. The van der Waals surface area contributed by atoms with Gasteiger partial charge in [-0.05, 0) is 36.2 Å². The second-order valence-corrected chi connectivity index (χ2v) is 7.34. The van der Waals surface area contributed by atoms with Crippen LogP contribution in [0, 0.1) is 17.6 Å². The molecule has 3 nitrogen and oxygen atoms in total. The zero-order valence-corrected chi connectivity index (χ0v) is 15.5. The Balaban J connectivity index is 2.00. The third-order valence-electron chi connectivity index (χ3n) is 4.21. The van der Waals surface area contributed by atoms with Crippen molar-refractivity contribution in [1.29, 1.82) is 0 Å². The van der Waals surface area contributed by atoms with Gasteiger partial charge in [-0.15, -0.1) is 0 Å². The highest BCUT2D eigenvalue weighted by molar-refractivity contribution is 9.10. The monoisotopic (exact) mass is 409 g/mol. The predicted octanol–water partition coefficient (Wildman–Crippen LogP) is 4.67. The van der Waals surface area contributed by atoms with Gasteiger partial charge in [-0.3, -0.25) is 4.79 Å². The smallest absolute Gasteiger partial charge is 0.264 e. The Labute approximate surface area is 153 Å². The number of hydrogen-bond acceptors (Lipinski definition) is 2. The van der Waals surface area contributed by atoms with Crippen LogP contribution in [0.15, 0.2) is 40.9 Å². The Morgan fingerprint density at radius 1 is 1.24 bits per heavy atom. The highest BCUT2D eigenvalue weighted by Gasteiger charge is 2.34. The number of ether oxygens (including phenoxy) is 1. The van der Waals surface area contributed by atoms with E-state index in [9.17, 15) is 13.6 Å². The summed E-state index contributed by atoms with van der Waals surface area (Å²) in [6.45, 7) is 3.85. The SMILES string of the molecule is CC(C)C1Oc2ccc(Br)cc2CN(Cc2c(F)cccc2F)C1=O. The van der Waals surface area contributed by atoms with Gasteiger partial charge in [0.05, 0.1) is 6.54 Å². The van der Waals surface area contributed by atoms with E-state index in [0.29, 0.717) is 5.75 Å². The maximum absolute atomic E-state index is 14.0. The van der Waals surface area contributed by atoms with E-state index in [2.05, 4.69) is 15.9 Å². The van der Waals surface area contributed by atoms with Crippen molar-refractivity contribution < 1.29 is 18.3 Å². The molecule has 25 heavy (non-hydrogen) atoms. The molecular weight excluding hydrogens is 392 g/mol. The van der Waals surface area contributed by atoms with E-state index in [1.165, 1.54) is 23.1 Å². The number of amides is 1. The first kappa shape index (κ1) is 17.9. The Morgan fingerprint density at radius 3 is 2.56 bits per heavy atom. The van der Waals surface area contributed by atoms with Crippen LogP contribution >= 0.6 is 15.9 Å². The molecule has 0 bridgehead atoms. The van der Waals surface area contributed by atoms with Crippen LogP contribution in [0.1, 0.15) is 25.0 Å². The largest absolute Gasteiger partial charge is 0.480 e. The van der Waals surface area contributed by atoms with Crippen molar-refractivity contribution in [2.24, 2.45) is 5.92 Å². The number of benzene rings is 2. The van der Waals surface area contributed by atoms with Crippen LogP contribution < -0.4 is 4.74 Å². The third-order valence-corrected chi connectivity index (χ3v) is 4.70. The number of halogens is 3. The first-order valence-corrected chi connectivity index (χ1v) is 8.83. The molecule has 0 radical (unpaired) electrons. The molecule has 1 aliphatic rings. The van der Waals surface area contributed by atoms with Gasteiger partial charge >= 0.3 is 0 Å². The summed E-state index contributed by atoms with van der Waals surface area (Å²) in [7, 11) is 0. The van der Waals surface area contributed by atoms with Crippen LogP contribution in [0.2, 0.25) is 0 Å². The molecule has 1 unspecified atom stereocenters. The van der Waals surface area contributed by atoms with Crippen molar-refractivity contribution >= 4 is 21.8 Å². The van der Waals surface area contributed by atoms with Crippen LogP contribution in [0.4, 0.5) is 8.78 Å². The lowest BCUT2D eigenvalue weighted by Gasteiger charge is -2.26. The molecule has 0 aromatic heterocycles. The molecule has 0 fully saturated rings. The van der Waals surface area contributed by atoms with E-state index in [4.69, 9.17) is 4.74 Å². The molecule has 132 valence electrons. The Hall–Kier alpha value is -1.95. The summed E-state index contributed by atoms with van der Waals surface area (Å²) < 4.78 is 34.8. The van der Waals surface area contributed by atoms with Gasteiger partial charge in [-0.1, -0.05) is 35.8 Å². The van der Waals surface area contributed by atoms with Crippen molar-refractivity contribution in [3.05, 3.63) is 63.6 Å². The second kappa shape index (κ2) is 7.12. The minimum atomic E-state index is -0.697. The van der Waals surface area contributed by atoms with Gasteiger partial charge in [-0.2, -0.15) is 0 Å². The van der Waals surface area contributed by atoms with E-state index in [0.717, 1.165) is 10.0 Å². The lowest BCUT2D eigenvalue weighted by Crippen LogP contribution is -2.42. The minimum Gasteiger partial charge on any atom is -0.480 e. The van der Waals surface area contributed by atoms with Gasteiger partial charge in [0, 0.05) is 22.1 Å². The van der Waals surface area contributed by atoms with E-state index in [1.807, 2.05) is 26.0 Å². The van der Waals surface area contributed by atoms with Crippen molar-refractivity contribution in [2.45, 2.75) is 33.0 Å². The summed E-state index contributed by atoms with van der Waals surface area (Å²) in [5.74, 6) is -1.05. The molecule has 0 spiro atoms. The van der Waals surface area contributed by atoms with Crippen LogP contribution in [0.3, 0.4) is 0 Å². The highest BCUT2D eigenvalue weighted by atomic mass is 79.9. The van der Waals surface area contributed by atoms with Crippen molar-refractivity contribution in [1.82, 2.24) is 4.90 Å². The summed E-state index contributed by atoms with van der Waals surface area (Å²) in [4.78, 5) is 14.4. The molecule has 0 N–H and O–H groups in total. The van der Waals surface area contributed by atoms with Crippen LogP contribution in [0.25, 0.3) is 0 Å². The fourth-order valence-corrected chi connectivity index (χ4v) is 3.28. The first-order chi connectivity index (χ1) is 11.9. The summed E-state index contributed by atoms with van der Waals surface area (Å²) in [5, 5.41) is 0. The summed E-state index contributed by atoms with van der Waals surface area (Å²) in [6.07, 6.45) is -0.697. The predicted molar refractivity (Wildman–Crippen MR) is 94.0 cm³/mol. The number of fused-ring (bicyclic) bond motifs is 1. The van der Waals surface area contributed by atoms with Crippen LogP contribution in [0.5, 0.6) is 5.75 Å². The second-order valence-electron chi connectivity index (χ2n) is 6.43. The summed E-state index contributed by atoms with van der Waals surface area (Å²) in [6, 6.07) is 9.20. The lowest BCUT2D eigenvalue weighted by atomic mass is 10.1. The summed E-state index contributed by atoms with van der Waals surface area (Å²) in [5.41, 5.74) is 0.680. The van der Waals surface area contributed by atoms with E-state index in [1.54, 1.807) is 6.07 Å². The number of nitrogens with zero attached hydrogens (tertiary/aromatic N) is 1. The topological polar surface area (TPSA) is 29.5 Å². The summed E-state index contributed by atoms with van der Waals surface area (Å²) >= 11 is 3.41. The zero-order chi connectivity index (χ0) is 18.1. The van der Waals surface area contributed by atoms with E-state index in [-0.39, 0.29) is 30.5 Å². The van der Waals surface area contributed by atoms with Gasteiger partial charge in [0.15, 0.2) is 6.10 Å². The fraction of sp³-hybridized carbons (Fsp3) is 0.316. The molecule has 1 atom stereocenters. The van der Waals surface area contributed by atoms with Crippen LogP contribution in [-0.4, -0.2) is 16.9 Å². The number of rotatable bonds is 3. The Kier molecular flexibility index (Phi) is 5.08. The minimum absolute atomic E-state index is 0.0740. The Bertz CT molecular complexity index is 790. The average molecular weight is 410 g/mol. The zero-order valence-electron chi connectivity index (χ0n) is 13.9. The molecule has 2 aromatic carbocycles. The first-order valence-electron chi connectivity index (χ1n) is 8.03. The lowest BCUT2D eigenvalue weighted by molar-refractivity contribution is -0.141. The molecule has 0 saturated heterocycles. The fourth-order valence-electron chi connectivity index (χ4n) is 2.87. The van der Waals surface area contributed by atoms with Gasteiger partial charge in [0.25, 0.3) is 5.91 Å². The van der Waals surface area contributed by atoms with E-state index < -0.39 is 17.7 Å². The normalized spacial score (nSPS) is 17.3. The number of carbonyl (C=O) groups excluding carboxylic acids is 1. The van der Waals surface area contributed by atoms with Gasteiger partial charge in [-0.25, -0.2) is 8.78 Å². The molecule has 0 saturated carbocycles. The highest BCUT2D eigenvalue weighted by Crippen LogP contribution is 2.31. The molecule has 1 heterocycles. The quantitative estimate of drug-likeness (QED) is 0.736. The molecule has 3 rings (SSSR count). The van der Waals surface area contributed by atoms with Crippen LogP contribution in [-0.2, 0) is 17.9 Å². The standard InChI is InChI=1S/C19H18BrF2NO2/c1-11(2)18-19(24)23(10-14-15(21)4-3-5-16(14)22)9-12-8-13(20)6-7-17(12)25-18/h3-8,11,18H,9-10H2,1-2H3. The van der Waals surface area contributed by atoms with E-state index >= 15 is 0 Å².